The van der Waals surface area contributed by atoms with Crippen LogP contribution in [0.1, 0.15) is 16.8 Å². The van der Waals surface area contributed by atoms with E-state index in [1.807, 2.05) is 37.3 Å². The molecule has 0 aliphatic heterocycles. The molecule has 2 nitrogen and oxygen atoms in total. The van der Waals surface area contributed by atoms with Gasteiger partial charge in [-0.25, -0.2) is 4.39 Å². The smallest absolute Gasteiger partial charge is 0.136 e. The van der Waals surface area contributed by atoms with E-state index < -0.39 is 0 Å². The summed E-state index contributed by atoms with van der Waals surface area (Å²) in [4.78, 5) is 0. The second kappa shape index (κ2) is 6.19. The van der Waals surface area contributed by atoms with Gasteiger partial charge in [-0.3, -0.25) is 0 Å². The van der Waals surface area contributed by atoms with E-state index in [4.69, 9.17) is 0 Å². The summed E-state index contributed by atoms with van der Waals surface area (Å²) in [6.07, 6.45) is 1.59. The molecule has 106 valence electrons. The molecule has 0 radical (unpaired) electrons. The summed E-state index contributed by atoms with van der Waals surface area (Å²) >= 11 is 0. The van der Waals surface area contributed by atoms with Crippen molar-refractivity contribution in [3.05, 3.63) is 83.4 Å². The van der Waals surface area contributed by atoms with Crippen molar-refractivity contribution in [3.63, 3.8) is 0 Å². The van der Waals surface area contributed by atoms with Gasteiger partial charge in [-0.05, 0) is 53.8 Å². The zero-order chi connectivity index (χ0) is 15.4. The Bertz CT molecular complexity index is 847. The first kappa shape index (κ1) is 14.0. The molecule has 0 aliphatic rings. The first-order valence-corrected chi connectivity index (χ1v) is 6.89. The van der Waals surface area contributed by atoms with Gasteiger partial charge in [0.25, 0.3) is 0 Å². The van der Waals surface area contributed by atoms with Crippen LogP contribution in [0, 0.1) is 24.6 Å². The molecule has 0 N–H and O–H groups in total. The predicted octanol–water partition coefficient (Wildman–Crippen LogP) is 3.99. The highest BCUT2D eigenvalue weighted by Crippen LogP contribution is 2.26. The fourth-order valence-electron chi connectivity index (χ4n) is 2.23. The summed E-state index contributed by atoms with van der Waals surface area (Å²) in [5.41, 5.74) is 3.99. The molecule has 3 rings (SSSR count). The Kier molecular flexibility index (Phi) is 3.93. The third kappa shape index (κ3) is 3.02. The van der Waals surface area contributed by atoms with Crippen molar-refractivity contribution in [2.24, 2.45) is 0 Å². The van der Waals surface area contributed by atoms with Crippen molar-refractivity contribution < 1.29 is 4.39 Å². The molecule has 0 fully saturated rings. The van der Waals surface area contributed by atoms with Crippen LogP contribution in [0.4, 0.5) is 4.39 Å². The highest BCUT2D eigenvalue weighted by Gasteiger charge is 2.07. The van der Waals surface area contributed by atoms with Crippen molar-refractivity contribution in [1.29, 1.82) is 0 Å². The summed E-state index contributed by atoms with van der Waals surface area (Å²) in [6, 6.07) is 16.3. The summed E-state index contributed by atoms with van der Waals surface area (Å²) in [7, 11) is 0. The number of halogens is 1. The van der Waals surface area contributed by atoms with Gasteiger partial charge in [0.1, 0.15) is 11.5 Å². The van der Waals surface area contributed by atoms with Crippen LogP contribution in [-0.4, -0.2) is 10.2 Å². The molecule has 1 aromatic heterocycles. The molecular formula is C19H13FN2. The maximum absolute atomic E-state index is 13.9. The van der Waals surface area contributed by atoms with Gasteiger partial charge in [-0.1, -0.05) is 36.3 Å². The Hall–Kier alpha value is -2.99. The molecule has 1 heterocycles. The minimum Gasteiger partial charge on any atom is -0.207 e. The van der Waals surface area contributed by atoms with Gasteiger partial charge < -0.3 is 0 Å². The molecule has 3 aromatic rings. The van der Waals surface area contributed by atoms with Crippen molar-refractivity contribution in [2.75, 3.05) is 0 Å². The molecule has 0 aliphatic carbocycles. The van der Waals surface area contributed by atoms with E-state index in [1.54, 1.807) is 18.3 Å². The standard InChI is InChI=1S/C19H13FN2/c1-14-16(9-10-18-8-5-11-21-22-18)12-17(20)13-19(14)15-6-3-2-4-7-15/h2-8,11-13H,1H3. The zero-order valence-electron chi connectivity index (χ0n) is 12.0. The lowest BCUT2D eigenvalue weighted by atomic mass is 9.96. The first-order valence-electron chi connectivity index (χ1n) is 6.89. The Morgan fingerprint density at radius 1 is 0.955 bits per heavy atom. The number of hydrogen-bond acceptors (Lipinski definition) is 2. The van der Waals surface area contributed by atoms with Crippen molar-refractivity contribution in [1.82, 2.24) is 10.2 Å². The van der Waals surface area contributed by atoms with Crippen LogP contribution in [-0.2, 0) is 0 Å². The summed E-state index contributed by atoms with van der Waals surface area (Å²) in [5.74, 6) is 5.61. The fraction of sp³-hybridized carbons (Fsp3) is 0.0526. The lowest BCUT2D eigenvalue weighted by Gasteiger charge is -2.08. The lowest BCUT2D eigenvalue weighted by molar-refractivity contribution is 0.627. The minimum absolute atomic E-state index is 0.298. The normalized spacial score (nSPS) is 9.91. The largest absolute Gasteiger partial charge is 0.207 e. The second-order valence-corrected chi connectivity index (χ2v) is 4.85. The van der Waals surface area contributed by atoms with Crippen LogP contribution in [0.3, 0.4) is 0 Å². The fourth-order valence-corrected chi connectivity index (χ4v) is 2.23. The Labute approximate surface area is 128 Å². The SMILES string of the molecule is Cc1c(C#Cc2cccnn2)cc(F)cc1-c1ccccc1. The molecule has 0 bridgehead atoms. The monoisotopic (exact) mass is 288 g/mol. The molecule has 3 heteroatoms. The van der Waals surface area contributed by atoms with E-state index in [-0.39, 0.29) is 5.82 Å². The molecule has 0 saturated heterocycles. The van der Waals surface area contributed by atoms with E-state index in [9.17, 15) is 4.39 Å². The molecule has 0 spiro atoms. The third-order valence-corrected chi connectivity index (χ3v) is 3.35. The number of hydrogen-bond donors (Lipinski definition) is 0. The van der Waals surface area contributed by atoms with Crippen molar-refractivity contribution in [3.8, 4) is 23.0 Å². The number of nitrogens with zero attached hydrogens (tertiary/aromatic N) is 2. The van der Waals surface area contributed by atoms with Crippen molar-refractivity contribution in [2.45, 2.75) is 6.92 Å². The van der Waals surface area contributed by atoms with Crippen LogP contribution >= 0.6 is 0 Å². The van der Waals surface area contributed by atoms with Gasteiger partial charge >= 0.3 is 0 Å². The van der Waals surface area contributed by atoms with E-state index >= 15 is 0 Å². The van der Waals surface area contributed by atoms with Gasteiger partial charge in [-0.15, -0.1) is 5.10 Å². The van der Waals surface area contributed by atoms with Crippen LogP contribution in [0.2, 0.25) is 0 Å². The maximum Gasteiger partial charge on any atom is 0.136 e. The Balaban J connectivity index is 2.07. The molecule has 0 saturated carbocycles. The third-order valence-electron chi connectivity index (χ3n) is 3.35. The van der Waals surface area contributed by atoms with Crippen molar-refractivity contribution >= 4 is 0 Å². The predicted molar refractivity (Wildman–Crippen MR) is 84.6 cm³/mol. The first-order chi connectivity index (χ1) is 10.7. The topological polar surface area (TPSA) is 25.8 Å². The van der Waals surface area contributed by atoms with Crippen LogP contribution in [0.15, 0.2) is 60.8 Å². The van der Waals surface area contributed by atoms with Gasteiger partial charge in [0.2, 0.25) is 0 Å². The van der Waals surface area contributed by atoms with Gasteiger partial charge in [0, 0.05) is 11.8 Å². The average Bonchev–Trinajstić information content (AvgIpc) is 2.57. The summed E-state index contributed by atoms with van der Waals surface area (Å²) in [6.45, 7) is 1.95. The lowest BCUT2D eigenvalue weighted by Crippen LogP contribution is -1.92. The average molecular weight is 288 g/mol. The molecular weight excluding hydrogens is 275 g/mol. The summed E-state index contributed by atoms with van der Waals surface area (Å²) in [5, 5.41) is 7.68. The van der Waals surface area contributed by atoms with Crippen LogP contribution < -0.4 is 0 Å². The molecule has 2 aromatic carbocycles. The number of rotatable bonds is 1. The minimum atomic E-state index is -0.298. The van der Waals surface area contributed by atoms with E-state index in [1.165, 1.54) is 12.1 Å². The Morgan fingerprint density at radius 2 is 1.77 bits per heavy atom. The van der Waals surface area contributed by atoms with E-state index in [2.05, 4.69) is 22.0 Å². The molecule has 0 amide bonds. The molecule has 0 atom stereocenters. The van der Waals surface area contributed by atoms with Crippen LogP contribution in [0.5, 0.6) is 0 Å². The Morgan fingerprint density at radius 3 is 2.50 bits per heavy atom. The maximum atomic E-state index is 13.9. The number of benzene rings is 2. The van der Waals surface area contributed by atoms with Gasteiger partial charge in [0.05, 0.1) is 0 Å². The second-order valence-electron chi connectivity index (χ2n) is 4.85. The molecule has 0 unspecified atom stereocenters. The molecule has 22 heavy (non-hydrogen) atoms. The van der Waals surface area contributed by atoms with Gasteiger partial charge in [-0.2, -0.15) is 5.10 Å². The zero-order valence-corrected chi connectivity index (χ0v) is 12.0. The highest BCUT2D eigenvalue weighted by atomic mass is 19.1. The van der Waals surface area contributed by atoms with E-state index in [0.29, 0.717) is 11.3 Å². The van der Waals surface area contributed by atoms with Gasteiger partial charge in [0.15, 0.2) is 0 Å². The number of aromatic nitrogens is 2. The highest BCUT2D eigenvalue weighted by molar-refractivity contribution is 5.70. The summed E-state index contributed by atoms with van der Waals surface area (Å²) < 4.78 is 13.9. The van der Waals surface area contributed by atoms with E-state index in [0.717, 1.165) is 16.7 Å². The quantitative estimate of drug-likeness (QED) is 0.633. The van der Waals surface area contributed by atoms with Crippen LogP contribution in [0.25, 0.3) is 11.1 Å².